The second kappa shape index (κ2) is 12.1. The summed E-state index contributed by atoms with van der Waals surface area (Å²) in [6.45, 7) is 14.1. The molecule has 5 aromatic rings. The lowest BCUT2D eigenvalue weighted by atomic mass is 9.41. The Hall–Kier alpha value is -3.84. The van der Waals surface area contributed by atoms with Crippen molar-refractivity contribution in [3.05, 3.63) is 137 Å². The lowest BCUT2D eigenvalue weighted by Gasteiger charge is -2.25. The molecule has 0 aliphatic carbocycles. The van der Waals surface area contributed by atoms with Crippen LogP contribution in [0.4, 0.5) is 0 Å². The largest absolute Gasteiger partial charge is 0.227 e. The van der Waals surface area contributed by atoms with E-state index in [1.54, 1.807) is 0 Å². The fraction of sp³-hybridized carbons (Fsp3) is 0.231. The third-order valence-electron chi connectivity index (χ3n) is 8.12. The maximum absolute atomic E-state index is 2.47. The topological polar surface area (TPSA) is 0 Å². The predicted octanol–water partition coefficient (Wildman–Crippen LogP) is 10.6. The fourth-order valence-electron chi connectivity index (χ4n) is 5.86. The van der Waals surface area contributed by atoms with Gasteiger partial charge in [0.1, 0.15) is 0 Å². The third kappa shape index (κ3) is 5.85. The van der Waals surface area contributed by atoms with Crippen molar-refractivity contribution in [3.8, 4) is 0 Å². The van der Waals surface area contributed by atoms with Gasteiger partial charge in [0.05, 0.1) is 0 Å². The number of hydrogen-bond donors (Lipinski definition) is 0. The molecule has 0 bridgehead atoms. The molecule has 0 amide bonds. The van der Waals surface area contributed by atoms with Crippen molar-refractivity contribution in [2.75, 3.05) is 0 Å². The van der Waals surface area contributed by atoms with E-state index in [-0.39, 0.29) is 6.71 Å². The summed E-state index contributed by atoms with van der Waals surface area (Å²) in [5.74, 6) is 6.22. The van der Waals surface area contributed by atoms with Gasteiger partial charge in [-0.05, 0) is 67.1 Å². The first kappa shape index (κ1) is 27.7. The molecule has 0 saturated carbocycles. The third-order valence-corrected chi connectivity index (χ3v) is 8.12. The Morgan fingerprint density at radius 3 is 1.35 bits per heavy atom. The van der Waals surface area contributed by atoms with Crippen LogP contribution >= 0.6 is 0 Å². The van der Waals surface area contributed by atoms with Crippen molar-refractivity contribution < 1.29 is 0 Å². The van der Waals surface area contributed by atoms with Crippen LogP contribution in [-0.4, -0.2) is 6.71 Å². The monoisotopic (exact) mass is 520 g/mol. The van der Waals surface area contributed by atoms with Crippen LogP contribution in [0.15, 0.2) is 109 Å². The highest BCUT2D eigenvalue weighted by molar-refractivity contribution is 6.84. The molecule has 0 nitrogen and oxygen atoms in total. The minimum Gasteiger partial charge on any atom is -0.105 e. The first-order chi connectivity index (χ1) is 19.3. The minimum atomic E-state index is 0.147. The Bertz CT molecular complexity index is 1550. The van der Waals surface area contributed by atoms with Crippen LogP contribution in [0.25, 0.3) is 33.7 Å². The minimum absolute atomic E-state index is 0.147. The zero-order valence-electron chi connectivity index (χ0n) is 24.9. The molecule has 0 aliphatic rings. The second-order valence-corrected chi connectivity index (χ2v) is 12.0. The summed E-state index contributed by atoms with van der Waals surface area (Å²) >= 11 is 0. The van der Waals surface area contributed by atoms with Crippen LogP contribution in [0, 0.1) is 0 Å². The van der Waals surface area contributed by atoms with Crippen LogP contribution in [0.3, 0.4) is 0 Å². The normalized spacial score (nSPS) is 12.2. The molecule has 0 saturated heterocycles. The lowest BCUT2D eigenvalue weighted by molar-refractivity contribution is 0.812. The van der Waals surface area contributed by atoms with Gasteiger partial charge in [-0.2, -0.15) is 0 Å². The zero-order chi connectivity index (χ0) is 28.2. The highest BCUT2D eigenvalue weighted by Crippen LogP contribution is 2.28. The lowest BCUT2D eigenvalue weighted by Crippen LogP contribution is -2.35. The Morgan fingerprint density at radius 2 is 0.925 bits per heavy atom. The van der Waals surface area contributed by atoms with Crippen molar-refractivity contribution in [1.29, 1.82) is 0 Å². The van der Waals surface area contributed by atoms with Crippen molar-refractivity contribution in [2.24, 2.45) is 0 Å². The van der Waals surface area contributed by atoms with Crippen molar-refractivity contribution >= 4 is 45.9 Å². The quantitative estimate of drug-likeness (QED) is 0.179. The predicted molar refractivity (Wildman–Crippen MR) is 180 cm³/mol. The van der Waals surface area contributed by atoms with Gasteiger partial charge >= 0.3 is 0 Å². The van der Waals surface area contributed by atoms with E-state index in [9.17, 15) is 0 Å². The van der Waals surface area contributed by atoms with E-state index in [0.717, 1.165) is 0 Å². The smallest absolute Gasteiger partial charge is 0.105 e. The fourth-order valence-corrected chi connectivity index (χ4v) is 5.86. The highest BCUT2D eigenvalue weighted by atomic mass is 14.2. The summed E-state index contributed by atoms with van der Waals surface area (Å²) in [6.07, 6.45) is 4.68. The first-order valence-electron chi connectivity index (χ1n) is 14.8. The van der Waals surface area contributed by atoms with Crippen molar-refractivity contribution in [3.63, 3.8) is 0 Å². The second-order valence-electron chi connectivity index (χ2n) is 12.0. The van der Waals surface area contributed by atoms with Gasteiger partial charge in [-0.15, -0.1) is 12.0 Å². The van der Waals surface area contributed by atoms with E-state index in [0.29, 0.717) is 17.8 Å². The molecule has 0 atom stereocenters. The van der Waals surface area contributed by atoms with E-state index in [4.69, 9.17) is 0 Å². The molecule has 0 aliphatic heterocycles. The average molecular weight is 521 g/mol. The molecule has 0 N–H and O–H groups in total. The maximum Gasteiger partial charge on any atom is 0.227 e. The molecule has 0 radical (unpaired) electrons. The van der Waals surface area contributed by atoms with Crippen molar-refractivity contribution in [2.45, 2.75) is 59.3 Å². The molecule has 5 rings (SSSR count). The van der Waals surface area contributed by atoms with Crippen LogP contribution in [0.2, 0.25) is 0 Å². The number of hydrogen-bond acceptors (Lipinski definition) is 0. The standard InChI is InChI=1S/C39H41B/c1-27(2)34-25-37(28(3)4)39(38(26-34)29(5)6)40(23-21-32-17-11-15-30-13-7-9-19-35(30)32)24-22-33-18-12-16-31-14-8-10-20-36(31)33/h7-29H,1-6H3/b23-21+,24-22+. The Balaban J connectivity index is 1.71. The summed E-state index contributed by atoms with van der Waals surface area (Å²) in [6, 6.07) is 35.5. The number of benzene rings is 5. The number of rotatable bonds is 8. The van der Waals surface area contributed by atoms with E-state index in [1.807, 2.05) is 0 Å². The van der Waals surface area contributed by atoms with Gasteiger partial charge < -0.3 is 0 Å². The van der Waals surface area contributed by atoms with E-state index >= 15 is 0 Å². The molecule has 40 heavy (non-hydrogen) atoms. The van der Waals surface area contributed by atoms with Gasteiger partial charge in [0.15, 0.2) is 0 Å². The van der Waals surface area contributed by atoms with Gasteiger partial charge in [-0.25, -0.2) is 0 Å². The van der Waals surface area contributed by atoms with Gasteiger partial charge in [-0.3, -0.25) is 0 Å². The van der Waals surface area contributed by atoms with E-state index in [1.165, 1.54) is 54.8 Å². The van der Waals surface area contributed by atoms with Crippen molar-refractivity contribution in [1.82, 2.24) is 0 Å². The summed E-state index contributed by atoms with van der Waals surface area (Å²) in [7, 11) is 0. The van der Waals surface area contributed by atoms with Crippen LogP contribution in [0.1, 0.15) is 87.1 Å². The van der Waals surface area contributed by atoms with Crippen LogP contribution < -0.4 is 5.46 Å². The Labute approximate surface area is 241 Å². The summed E-state index contributed by atoms with van der Waals surface area (Å²) < 4.78 is 0. The first-order valence-corrected chi connectivity index (χ1v) is 14.8. The van der Waals surface area contributed by atoms with Crippen LogP contribution in [0.5, 0.6) is 0 Å². The van der Waals surface area contributed by atoms with Gasteiger partial charge in [-0.1, -0.05) is 156 Å². The number of fused-ring (bicyclic) bond motifs is 2. The molecular formula is C39H41B. The molecular weight excluding hydrogens is 479 g/mol. The SMILES string of the molecule is CC(C)c1cc(C(C)C)c(B(/C=C/c2cccc3ccccc23)/C=C/c2cccc3ccccc23)c(C(C)C)c1. The zero-order valence-corrected chi connectivity index (χ0v) is 24.9. The summed E-state index contributed by atoms with van der Waals surface area (Å²) in [5, 5.41) is 5.14. The molecule has 0 aromatic heterocycles. The van der Waals surface area contributed by atoms with E-state index in [2.05, 4.69) is 163 Å². The van der Waals surface area contributed by atoms with Gasteiger partial charge in [0.2, 0.25) is 6.71 Å². The average Bonchev–Trinajstić information content (AvgIpc) is 2.96. The summed E-state index contributed by atoms with van der Waals surface area (Å²) in [4.78, 5) is 0. The van der Waals surface area contributed by atoms with Gasteiger partial charge in [0.25, 0.3) is 0 Å². The molecule has 0 spiro atoms. The Kier molecular flexibility index (Phi) is 8.41. The molecule has 5 aromatic carbocycles. The highest BCUT2D eigenvalue weighted by Gasteiger charge is 2.23. The Morgan fingerprint density at radius 1 is 0.500 bits per heavy atom. The van der Waals surface area contributed by atoms with Crippen LogP contribution in [-0.2, 0) is 0 Å². The maximum atomic E-state index is 2.47. The molecule has 0 heterocycles. The molecule has 200 valence electrons. The van der Waals surface area contributed by atoms with E-state index < -0.39 is 0 Å². The van der Waals surface area contributed by atoms with Gasteiger partial charge in [0, 0.05) is 0 Å². The molecule has 0 fully saturated rings. The molecule has 0 unspecified atom stereocenters. The molecule has 1 heteroatoms. The summed E-state index contributed by atoms with van der Waals surface area (Å²) in [5.41, 5.74) is 8.35.